The Labute approximate surface area is 112 Å². The maximum absolute atomic E-state index is 12.1. The van der Waals surface area contributed by atoms with Crippen molar-refractivity contribution in [2.75, 3.05) is 0 Å². The molecule has 0 spiro atoms. The summed E-state index contributed by atoms with van der Waals surface area (Å²) in [6.45, 7) is 7.64. The Morgan fingerprint density at radius 3 is 2.89 bits per heavy atom. The first-order chi connectivity index (χ1) is 8.92. The molecule has 0 aromatic rings. The summed E-state index contributed by atoms with van der Waals surface area (Å²) in [6, 6.07) is 0. The Bertz CT molecular complexity index is 504. The molecule has 0 radical (unpaired) electrons. The molecule has 2 aliphatic heterocycles. The number of allylic oxidation sites excluding steroid dienone is 2. The number of carbonyl (C=O) groups is 2. The van der Waals surface area contributed by atoms with E-state index in [0.29, 0.717) is 5.57 Å². The first-order valence-corrected chi connectivity index (χ1v) is 6.70. The largest absolute Gasteiger partial charge is 0.455 e. The zero-order valence-corrected chi connectivity index (χ0v) is 11.3. The van der Waals surface area contributed by atoms with E-state index in [9.17, 15) is 9.59 Å². The summed E-state index contributed by atoms with van der Waals surface area (Å²) in [7, 11) is 0. The molecule has 19 heavy (non-hydrogen) atoms. The van der Waals surface area contributed by atoms with E-state index in [2.05, 4.69) is 6.58 Å². The van der Waals surface area contributed by atoms with Crippen molar-refractivity contribution >= 4 is 11.8 Å². The molecule has 2 heterocycles. The lowest BCUT2D eigenvalue weighted by Gasteiger charge is -2.18. The Morgan fingerprint density at radius 1 is 1.42 bits per heavy atom. The van der Waals surface area contributed by atoms with Gasteiger partial charge in [0.1, 0.15) is 12.2 Å². The predicted octanol–water partition coefficient (Wildman–Crippen LogP) is 1.94. The summed E-state index contributed by atoms with van der Waals surface area (Å²) < 4.78 is 11.1. The molecule has 3 rings (SSSR count). The summed E-state index contributed by atoms with van der Waals surface area (Å²) in [4.78, 5) is 23.8. The molecule has 0 amide bonds. The minimum absolute atomic E-state index is 0.0682. The third-order valence-corrected chi connectivity index (χ3v) is 4.53. The third kappa shape index (κ3) is 1.94. The van der Waals surface area contributed by atoms with Crippen LogP contribution in [0.5, 0.6) is 0 Å². The van der Waals surface area contributed by atoms with Gasteiger partial charge in [0.2, 0.25) is 0 Å². The van der Waals surface area contributed by atoms with Gasteiger partial charge in [0.25, 0.3) is 0 Å². The van der Waals surface area contributed by atoms with Gasteiger partial charge in [0.05, 0.1) is 5.60 Å². The van der Waals surface area contributed by atoms with Crippen molar-refractivity contribution < 1.29 is 19.1 Å². The van der Waals surface area contributed by atoms with Crippen LogP contribution in [-0.4, -0.2) is 29.6 Å². The summed E-state index contributed by atoms with van der Waals surface area (Å²) >= 11 is 0. The van der Waals surface area contributed by atoms with Crippen molar-refractivity contribution in [2.24, 2.45) is 5.92 Å². The average Bonchev–Trinajstić information content (AvgIpc) is 2.95. The molecule has 4 heteroatoms. The van der Waals surface area contributed by atoms with Gasteiger partial charge in [-0.2, -0.15) is 0 Å². The number of rotatable bonds is 0. The highest BCUT2D eigenvalue weighted by molar-refractivity contribution is 5.98. The average molecular weight is 262 g/mol. The van der Waals surface area contributed by atoms with Crippen LogP contribution >= 0.6 is 0 Å². The fraction of sp³-hybridized carbons (Fsp3) is 0.600. The second kappa shape index (κ2) is 4.04. The minimum Gasteiger partial charge on any atom is -0.455 e. The topological polar surface area (TPSA) is 55.9 Å². The normalized spacial score (nSPS) is 44.8. The predicted molar refractivity (Wildman–Crippen MR) is 68.4 cm³/mol. The highest BCUT2D eigenvalue weighted by Crippen LogP contribution is 2.49. The maximum atomic E-state index is 12.1. The van der Waals surface area contributed by atoms with Crippen LogP contribution in [0.1, 0.15) is 33.1 Å². The van der Waals surface area contributed by atoms with Gasteiger partial charge in [0, 0.05) is 17.9 Å². The lowest BCUT2D eigenvalue weighted by Crippen LogP contribution is -2.30. The molecule has 0 bridgehead atoms. The number of Topliss-reactive ketones (excluding diaryl/α,β-unsaturated/α-hetero) is 1. The monoisotopic (exact) mass is 262 g/mol. The van der Waals surface area contributed by atoms with Gasteiger partial charge in [-0.3, -0.25) is 4.79 Å². The Hall–Kier alpha value is -1.42. The fourth-order valence-corrected chi connectivity index (χ4v) is 3.06. The van der Waals surface area contributed by atoms with Crippen molar-refractivity contribution in [2.45, 2.75) is 50.9 Å². The third-order valence-electron chi connectivity index (χ3n) is 4.53. The van der Waals surface area contributed by atoms with Gasteiger partial charge < -0.3 is 9.47 Å². The molecule has 0 saturated carbocycles. The van der Waals surface area contributed by atoms with E-state index in [4.69, 9.17) is 9.47 Å². The SMILES string of the molecule is C=C1C(=O)OC2C1CC(=O)/C(C)=C\CCC1(C)OC21. The van der Waals surface area contributed by atoms with E-state index in [-0.39, 0.29) is 41.9 Å². The van der Waals surface area contributed by atoms with E-state index in [1.165, 1.54) is 0 Å². The number of hydrogen-bond acceptors (Lipinski definition) is 4. The first-order valence-electron chi connectivity index (χ1n) is 6.70. The van der Waals surface area contributed by atoms with Gasteiger partial charge in [-0.15, -0.1) is 0 Å². The Morgan fingerprint density at radius 2 is 2.16 bits per heavy atom. The number of epoxide rings is 1. The standard InChI is InChI=1S/C15H18O4/c1-8-5-4-6-15(3)13(19-15)12-10(7-11(8)16)9(2)14(17)18-12/h5,10,12-13H,2,4,6-7H2,1,3H3/b8-5-. The molecule has 0 N–H and O–H groups in total. The lowest BCUT2D eigenvalue weighted by atomic mass is 9.83. The van der Waals surface area contributed by atoms with Crippen molar-refractivity contribution in [1.29, 1.82) is 0 Å². The molecular formula is C15H18O4. The molecule has 4 atom stereocenters. The molecule has 0 aromatic heterocycles. The van der Waals surface area contributed by atoms with Gasteiger partial charge in [0.15, 0.2) is 5.78 Å². The molecular weight excluding hydrogens is 244 g/mol. The molecule has 2 saturated heterocycles. The number of esters is 1. The summed E-state index contributed by atoms with van der Waals surface area (Å²) in [5.41, 5.74) is 0.934. The summed E-state index contributed by atoms with van der Waals surface area (Å²) in [5.74, 6) is -0.562. The van der Waals surface area contributed by atoms with Gasteiger partial charge >= 0.3 is 5.97 Å². The molecule has 4 nitrogen and oxygen atoms in total. The fourth-order valence-electron chi connectivity index (χ4n) is 3.06. The smallest absolute Gasteiger partial charge is 0.334 e. The van der Waals surface area contributed by atoms with Crippen LogP contribution in [0.2, 0.25) is 0 Å². The highest BCUT2D eigenvalue weighted by atomic mass is 16.6. The number of ketones is 1. The van der Waals surface area contributed by atoms with Crippen LogP contribution < -0.4 is 0 Å². The summed E-state index contributed by atoms with van der Waals surface area (Å²) in [6.07, 6.45) is 3.47. The minimum atomic E-state index is -0.387. The Balaban J connectivity index is 1.93. The molecule has 4 unspecified atom stereocenters. The Kier molecular flexibility index (Phi) is 2.68. The van der Waals surface area contributed by atoms with Crippen LogP contribution in [0.4, 0.5) is 0 Å². The molecule has 1 aliphatic carbocycles. The van der Waals surface area contributed by atoms with Gasteiger partial charge in [-0.1, -0.05) is 12.7 Å². The number of ether oxygens (including phenoxy) is 2. The van der Waals surface area contributed by atoms with E-state index < -0.39 is 0 Å². The van der Waals surface area contributed by atoms with E-state index >= 15 is 0 Å². The van der Waals surface area contributed by atoms with Crippen molar-refractivity contribution in [3.05, 3.63) is 23.8 Å². The van der Waals surface area contributed by atoms with Gasteiger partial charge in [-0.25, -0.2) is 4.79 Å². The zero-order chi connectivity index (χ0) is 13.8. The molecule has 102 valence electrons. The van der Waals surface area contributed by atoms with E-state index in [0.717, 1.165) is 18.4 Å². The lowest BCUT2D eigenvalue weighted by molar-refractivity contribution is -0.140. The summed E-state index contributed by atoms with van der Waals surface area (Å²) in [5, 5.41) is 0. The van der Waals surface area contributed by atoms with E-state index in [1.54, 1.807) is 0 Å². The second-order valence-corrected chi connectivity index (χ2v) is 5.91. The van der Waals surface area contributed by atoms with Crippen molar-refractivity contribution in [3.63, 3.8) is 0 Å². The van der Waals surface area contributed by atoms with E-state index in [1.807, 2.05) is 19.9 Å². The molecule has 0 aromatic carbocycles. The number of carbonyl (C=O) groups excluding carboxylic acids is 2. The zero-order valence-electron chi connectivity index (χ0n) is 11.3. The first kappa shape index (κ1) is 12.6. The molecule has 2 fully saturated rings. The maximum Gasteiger partial charge on any atom is 0.334 e. The number of fused-ring (bicyclic) bond motifs is 3. The van der Waals surface area contributed by atoms with Crippen LogP contribution in [0.15, 0.2) is 23.8 Å². The molecule has 3 aliphatic rings. The van der Waals surface area contributed by atoms with Crippen LogP contribution in [0, 0.1) is 5.92 Å². The van der Waals surface area contributed by atoms with Crippen LogP contribution in [0.3, 0.4) is 0 Å². The number of hydrogen-bond donors (Lipinski definition) is 0. The van der Waals surface area contributed by atoms with Crippen LogP contribution in [0.25, 0.3) is 0 Å². The van der Waals surface area contributed by atoms with Crippen LogP contribution in [-0.2, 0) is 19.1 Å². The van der Waals surface area contributed by atoms with Gasteiger partial charge in [-0.05, 0) is 32.3 Å². The highest BCUT2D eigenvalue weighted by Gasteiger charge is 2.61. The second-order valence-electron chi connectivity index (χ2n) is 5.91. The quantitative estimate of drug-likeness (QED) is 0.380. The van der Waals surface area contributed by atoms with Crippen molar-refractivity contribution in [3.8, 4) is 0 Å². The van der Waals surface area contributed by atoms with Crippen molar-refractivity contribution in [1.82, 2.24) is 0 Å².